The van der Waals surface area contributed by atoms with Crippen molar-refractivity contribution in [2.75, 3.05) is 10.6 Å². The van der Waals surface area contributed by atoms with Crippen molar-refractivity contribution >= 4 is 27.5 Å². The lowest BCUT2D eigenvalue weighted by atomic mass is 10.1. The molecule has 5 heteroatoms. The molecule has 0 spiro atoms. The van der Waals surface area contributed by atoms with Crippen LogP contribution in [-0.4, -0.2) is 11.2 Å². The van der Waals surface area contributed by atoms with E-state index in [0.717, 1.165) is 0 Å². The van der Waals surface area contributed by atoms with Gasteiger partial charge in [0.25, 0.3) is 0 Å². The molecular weight excluding hydrogens is 258 g/mol. The van der Waals surface area contributed by atoms with E-state index in [4.69, 9.17) is 10.5 Å². The van der Waals surface area contributed by atoms with Gasteiger partial charge < -0.3 is 5.32 Å². The third kappa shape index (κ3) is 2.80. The van der Waals surface area contributed by atoms with Crippen molar-refractivity contribution in [2.24, 2.45) is 0 Å². The van der Waals surface area contributed by atoms with Gasteiger partial charge in [0.15, 0.2) is 0 Å². The van der Waals surface area contributed by atoms with Crippen LogP contribution in [0.4, 0.5) is 5.69 Å². The minimum atomic E-state index is -0.205. The molecule has 1 aromatic carbocycles. The normalized spacial score (nSPS) is 8.73. The van der Waals surface area contributed by atoms with Crippen molar-refractivity contribution < 1.29 is 4.79 Å². The zero-order chi connectivity index (χ0) is 11.3. The molecule has 0 aliphatic carbocycles. The van der Waals surface area contributed by atoms with Crippen LogP contribution < -0.4 is 5.32 Å². The first-order valence-corrected chi connectivity index (χ1v) is 5.13. The number of benzene rings is 1. The summed E-state index contributed by atoms with van der Waals surface area (Å²) in [5, 5.41) is 20.2. The van der Waals surface area contributed by atoms with Crippen LogP contribution in [0.5, 0.6) is 0 Å². The van der Waals surface area contributed by atoms with Gasteiger partial charge in [-0.3, -0.25) is 4.79 Å². The SMILES string of the molecule is N#Cc1ccc(NC(=O)CBr)cc1C#N. The minimum Gasteiger partial charge on any atom is -0.325 e. The fourth-order valence-corrected chi connectivity index (χ4v) is 1.15. The number of anilines is 1. The maximum Gasteiger partial charge on any atom is 0.235 e. The fourth-order valence-electron chi connectivity index (χ4n) is 1.01. The van der Waals surface area contributed by atoms with Crippen LogP contribution in [-0.2, 0) is 4.79 Å². The molecule has 0 fully saturated rings. The van der Waals surface area contributed by atoms with Gasteiger partial charge in [-0.05, 0) is 18.2 Å². The molecule has 0 heterocycles. The molecule has 0 aromatic heterocycles. The number of hydrogen-bond donors (Lipinski definition) is 1. The molecule has 0 aliphatic heterocycles. The summed E-state index contributed by atoms with van der Waals surface area (Å²) in [6.07, 6.45) is 0. The van der Waals surface area contributed by atoms with Gasteiger partial charge in [0.1, 0.15) is 12.1 Å². The molecule has 1 N–H and O–H groups in total. The number of nitriles is 2. The minimum absolute atomic E-state index is 0.189. The number of rotatable bonds is 2. The zero-order valence-electron chi connectivity index (χ0n) is 7.62. The van der Waals surface area contributed by atoms with E-state index in [1.165, 1.54) is 12.1 Å². The monoisotopic (exact) mass is 263 g/mol. The third-order valence-corrected chi connectivity index (χ3v) is 2.17. The Bertz CT molecular complexity index is 471. The van der Waals surface area contributed by atoms with Gasteiger partial charge in [-0.15, -0.1) is 0 Å². The van der Waals surface area contributed by atoms with E-state index in [1.807, 2.05) is 12.1 Å². The quantitative estimate of drug-likeness (QED) is 0.827. The highest BCUT2D eigenvalue weighted by Gasteiger charge is 2.04. The van der Waals surface area contributed by atoms with Crippen LogP contribution in [0.2, 0.25) is 0 Å². The number of nitrogens with zero attached hydrogens (tertiary/aromatic N) is 2. The molecule has 0 saturated heterocycles. The molecule has 0 unspecified atom stereocenters. The van der Waals surface area contributed by atoms with Gasteiger partial charge in [0, 0.05) is 5.69 Å². The van der Waals surface area contributed by atoms with E-state index >= 15 is 0 Å². The van der Waals surface area contributed by atoms with Crippen LogP contribution in [0.3, 0.4) is 0 Å². The standard InChI is InChI=1S/C10H6BrN3O/c11-4-10(15)14-9-2-1-7(5-12)8(3-9)6-13/h1-3H,4H2,(H,14,15). The molecule has 0 saturated carbocycles. The van der Waals surface area contributed by atoms with E-state index in [-0.39, 0.29) is 16.8 Å². The molecule has 74 valence electrons. The van der Waals surface area contributed by atoms with E-state index in [9.17, 15) is 4.79 Å². The maximum atomic E-state index is 11.0. The van der Waals surface area contributed by atoms with Gasteiger partial charge in [-0.2, -0.15) is 10.5 Å². The van der Waals surface area contributed by atoms with E-state index in [2.05, 4.69) is 21.2 Å². The smallest absolute Gasteiger partial charge is 0.235 e. The Labute approximate surface area is 95.3 Å². The summed E-state index contributed by atoms with van der Waals surface area (Å²) in [5.41, 5.74) is 1.06. The average Bonchev–Trinajstić information content (AvgIpc) is 2.28. The molecular formula is C10H6BrN3O. The number of nitrogens with one attached hydrogen (secondary N) is 1. The summed E-state index contributed by atoms with van der Waals surface area (Å²) in [6.45, 7) is 0. The van der Waals surface area contributed by atoms with E-state index < -0.39 is 0 Å². The number of alkyl halides is 1. The van der Waals surface area contributed by atoms with Crippen LogP contribution in [0.1, 0.15) is 11.1 Å². The van der Waals surface area contributed by atoms with Crippen LogP contribution in [0, 0.1) is 22.7 Å². The number of amides is 1. The van der Waals surface area contributed by atoms with Crippen LogP contribution >= 0.6 is 15.9 Å². The molecule has 0 aliphatic rings. The summed E-state index contributed by atoms with van der Waals surface area (Å²) in [6, 6.07) is 8.35. The molecule has 1 aromatic rings. The van der Waals surface area contributed by atoms with Gasteiger partial charge >= 0.3 is 0 Å². The molecule has 15 heavy (non-hydrogen) atoms. The van der Waals surface area contributed by atoms with Crippen molar-refractivity contribution in [1.29, 1.82) is 10.5 Å². The molecule has 0 bridgehead atoms. The second kappa shape index (κ2) is 5.14. The topological polar surface area (TPSA) is 76.7 Å². The summed E-state index contributed by atoms with van der Waals surface area (Å²) < 4.78 is 0. The Hall–Kier alpha value is -1.85. The van der Waals surface area contributed by atoms with Crippen molar-refractivity contribution in [1.82, 2.24) is 0 Å². The first-order valence-electron chi connectivity index (χ1n) is 4.01. The Morgan fingerprint density at radius 1 is 1.33 bits per heavy atom. The van der Waals surface area contributed by atoms with E-state index in [0.29, 0.717) is 11.3 Å². The second-order valence-electron chi connectivity index (χ2n) is 2.67. The highest BCUT2D eigenvalue weighted by atomic mass is 79.9. The molecule has 1 rings (SSSR count). The van der Waals surface area contributed by atoms with Gasteiger partial charge in [0.05, 0.1) is 16.5 Å². The summed E-state index contributed by atoms with van der Waals surface area (Å²) in [4.78, 5) is 11.0. The predicted octanol–water partition coefficient (Wildman–Crippen LogP) is 1.76. The number of hydrogen-bond acceptors (Lipinski definition) is 3. The second-order valence-corrected chi connectivity index (χ2v) is 3.23. The average molecular weight is 264 g/mol. The molecule has 0 atom stereocenters. The lowest BCUT2D eigenvalue weighted by Gasteiger charge is -2.03. The highest BCUT2D eigenvalue weighted by Crippen LogP contribution is 2.14. The van der Waals surface area contributed by atoms with Crippen molar-refractivity contribution in [3.8, 4) is 12.1 Å². The molecule has 0 radical (unpaired) electrons. The number of carbonyl (C=O) groups excluding carboxylic acids is 1. The molecule has 1 amide bonds. The zero-order valence-corrected chi connectivity index (χ0v) is 9.21. The number of halogens is 1. The first kappa shape index (κ1) is 11.2. The van der Waals surface area contributed by atoms with Gasteiger partial charge in [-0.25, -0.2) is 0 Å². The van der Waals surface area contributed by atoms with Crippen LogP contribution in [0.15, 0.2) is 18.2 Å². The summed E-state index contributed by atoms with van der Waals surface area (Å²) in [5.74, 6) is -0.205. The lowest BCUT2D eigenvalue weighted by molar-refractivity contribution is -0.113. The van der Waals surface area contributed by atoms with Gasteiger partial charge in [-0.1, -0.05) is 15.9 Å². The first-order chi connectivity index (χ1) is 7.21. The summed E-state index contributed by atoms with van der Waals surface area (Å²) in [7, 11) is 0. The van der Waals surface area contributed by atoms with E-state index in [1.54, 1.807) is 6.07 Å². The molecule has 4 nitrogen and oxygen atoms in total. The lowest BCUT2D eigenvalue weighted by Crippen LogP contribution is -2.12. The third-order valence-electron chi connectivity index (χ3n) is 1.67. The highest BCUT2D eigenvalue weighted by molar-refractivity contribution is 9.09. The van der Waals surface area contributed by atoms with Crippen molar-refractivity contribution in [3.63, 3.8) is 0 Å². The number of carbonyl (C=O) groups is 1. The Morgan fingerprint density at radius 3 is 2.53 bits per heavy atom. The Balaban J connectivity index is 3.01. The fraction of sp³-hybridized carbons (Fsp3) is 0.100. The maximum absolute atomic E-state index is 11.0. The van der Waals surface area contributed by atoms with Crippen molar-refractivity contribution in [2.45, 2.75) is 0 Å². The largest absolute Gasteiger partial charge is 0.325 e. The van der Waals surface area contributed by atoms with Crippen LogP contribution in [0.25, 0.3) is 0 Å². The Kier molecular flexibility index (Phi) is 3.84. The Morgan fingerprint density at radius 2 is 2.00 bits per heavy atom. The predicted molar refractivity (Wildman–Crippen MR) is 58.3 cm³/mol. The van der Waals surface area contributed by atoms with Gasteiger partial charge in [0.2, 0.25) is 5.91 Å². The summed E-state index contributed by atoms with van der Waals surface area (Å²) >= 11 is 3.01. The van der Waals surface area contributed by atoms with Crippen molar-refractivity contribution in [3.05, 3.63) is 29.3 Å².